The molecule has 1 saturated carbocycles. The summed E-state index contributed by atoms with van der Waals surface area (Å²) in [5.74, 6) is 1.83. The number of alkyl halides is 1. The number of hydrogen-bond acceptors (Lipinski definition) is 1. The molecule has 17 heavy (non-hydrogen) atoms. The van der Waals surface area contributed by atoms with Crippen LogP contribution >= 0.6 is 11.6 Å². The Morgan fingerprint density at radius 2 is 1.88 bits per heavy atom. The summed E-state index contributed by atoms with van der Waals surface area (Å²) in [6.45, 7) is 4.17. The highest BCUT2D eigenvalue weighted by Gasteiger charge is 2.22. The van der Waals surface area contributed by atoms with Crippen molar-refractivity contribution in [1.29, 1.82) is 0 Å². The molecule has 0 aromatic heterocycles. The van der Waals surface area contributed by atoms with Crippen molar-refractivity contribution in [2.45, 2.75) is 44.9 Å². The van der Waals surface area contributed by atoms with E-state index in [1.807, 2.05) is 0 Å². The summed E-state index contributed by atoms with van der Waals surface area (Å²) in [5, 5.41) is 0.156. The van der Waals surface area contributed by atoms with Crippen molar-refractivity contribution in [3.05, 3.63) is 28.8 Å². The van der Waals surface area contributed by atoms with E-state index >= 15 is 0 Å². The van der Waals surface area contributed by atoms with Crippen LogP contribution in [0.15, 0.2) is 12.1 Å². The number of hydrogen-bond donors (Lipinski definition) is 0. The number of halogens is 1. The molecule has 2 heteroatoms. The third kappa shape index (κ3) is 2.77. The zero-order valence-corrected chi connectivity index (χ0v) is 11.7. The number of ether oxygens (including phenoxy) is 1. The fourth-order valence-electron chi connectivity index (χ4n) is 2.64. The van der Waals surface area contributed by atoms with Gasteiger partial charge in [-0.05, 0) is 42.9 Å². The van der Waals surface area contributed by atoms with Crippen LogP contribution in [0.1, 0.15) is 47.8 Å². The Kier molecular flexibility index (Phi) is 3.98. The molecule has 1 aromatic rings. The second-order valence-corrected chi connectivity index (χ2v) is 5.71. The predicted octanol–water partition coefficient (Wildman–Crippen LogP) is 4.78. The molecule has 0 spiro atoms. The molecule has 2 rings (SSSR count). The molecule has 0 bridgehead atoms. The van der Waals surface area contributed by atoms with Gasteiger partial charge in [-0.2, -0.15) is 0 Å². The third-order valence-electron chi connectivity index (χ3n) is 3.81. The van der Waals surface area contributed by atoms with E-state index in [0.717, 1.165) is 18.1 Å². The normalized spacial score (nSPS) is 17.6. The van der Waals surface area contributed by atoms with E-state index < -0.39 is 0 Å². The van der Waals surface area contributed by atoms with Crippen LogP contribution in [0.25, 0.3) is 0 Å². The summed E-state index contributed by atoms with van der Waals surface area (Å²) < 4.78 is 5.38. The van der Waals surface area contributed by atoms with E-state index in [-0.39, 0.29) is 5.38 Å². The van der Waals surface area contributed by atoms with Crippen LogP contribution in [0, 0.1) is 19.8 Å². The highest BCUT2D eigenvalue weighted by molar-refractivity contribution is 6.20. The molecule has 0 aliphatic heterocycles. The Hall–Kier alpha value is -0.690. The summed E-state index contributed by atoms with van der Waals surface area (Å²) in [4.78, 5) is 0. The Bertz CT molecular complexity index is 373. The SMILES string of the molecule is COc1c(C)cc(C(Cl)CC2CCC2)cc1C. The number of rotatable bonds is 4. The molecule has 1 atom stereocenters. The number of benzene rings is 1. The fourth-order valence-corrected chi connectivity index (χ4v) is 3.02. The van der Waals surface area contributed by atoms with Crippen molar-refractivity contribution < 1.29 is 4.74 Å². The molecule has 1 fully saturated rings. The maximum absolute atomic E-state index is 6.51. The third-order valence-corrected chi connectivity index (χ3v) is 4.24. The Morgan fingerprint density at radius 1 is 1.29 bits per heavy atom. The van der Waals surface area contributed by atoms with E-state index in [1.165, 1.54) is 36.0 Å². The van der Waals surface area contributed by atoms with Gasteiger partial charge in [0.1, 0.15) is 5.75 Å². The van der Waals surface area contributed by atoms with Crippen molar-refractivity contribution in [3.8, 4) is 5.75 Å². The molecule has 0 radical (unpaired) electrons. The van der Waals surface area contributed by atoms with Crippen LogP contribution in [0.5, 0.6) is 5.75 Å². The summed E-state index contributed by atoms with van der Waals surface area (Å²) in [5.41, 5.74) is 3.61. The van der Waals surface area contributed by atoms with E-state index in [1.54, 1.807) is 7.11 Å². The lowest BCUT2D eigenvalue weighted by molar-refractivity contribution is 0.293. The average Bonchev–Trinajstić information content (AvgIpc) is 2.22. The molecule has 1 aromatic carbocycles. The lowest BCUT2D eigenvalue weighted by Crippen LogP contribution is -2.13. The fraction of sp³-hybridized carbons (Fsp3) is 0.600. The van der Waals surface area contributed by atoms with Gasteiger partial charge in [-0.1, -0.05) is 31.4 Å². The molecule has 1 aliphatic carbocycles. The van der Waals surface area contributed by atoms with E-state index in [9.17, 15) is 0 Å². The van der Waals surface area contributed by atoms with Crippen molar-refractivity contribution >= 4 is 11.6 Å². The minimum Gasteiger partial charge on any atom is -0.496 e. The average molecular weight is 253 g/mol. The van der Waals surface area contributed by atoms with Gasteiger partial charge in [0.25, 0.3) is 0 Å². The Morgan fingerprint density at radius 3 is 2.29 bits per heavy atom. The highest BCUT2D eigenvalue weighted by Crippen LogP contribution is 2.39. The standard InChI is InChI=1S/C15H21ClO/c1-10-7-13(8-11(2)15(10)17-3)14(16)9-12-5-4-6-12/h7-8,12,14H,4-6,9H2,1-3H3. The van der Waals surface area contributed by atoms with Gasteiger partial charge in [-0.25, -0.2) is 0 Å². The van der Waals surface area contributed by atoms with E-state index in [0.29, 0.717) is 0 Å². The lowest BCUT2D eigenvalue weighted by atomic mass is 9.81. The zero-order chi connectivity index (χ0) is 12.4. The van der Waals surface area contributed by atoms with Gasteiger partial charge in [-0.15, -0.1) is 11.6 Å². The number of methoxy groups -OCH3 is 1. The van der Waals surface area contributed by atoms with Crippen molar-refractivity contribution in [2.75, 3.05) is 7.11 Å². The molecule has 1 nitrogen and oxygen atoms in total. The molecule has 0 amide bonds. The first kappa shape index (κ1) is 12.8. The predicted molar refractivity (Wildman–Crippen MR) is 73.0 cm³/mol. The van der Waals surface area contributed by atoms with Gasteiger partial charge < -0.3 is 4.74 Å². The maximum atomic E-state index is 6.51. The van der Waals surface area contributed by atoms with Gasteiger partial charge in [0.05, 0.1) is 12.5 Å². The highest BCUT2D eigenvalue weighted by atomic mass is 35.5. The quantitative estimate of drug-likeness (QED) is 0.701. The second-order valence-electron chi connectivity index (χ2n) is 5.19. The molecular weight excluding hydrogens is 232 g/mol. The Balaban J connectivity index is 2.14. The van der Waals surface area contributed by atoms with Crippen molar-refractivity contribution in [3.63, 3.8) is 0 Å². The monoisotopic (exact) mass is 252 g/mol. The first-order valence-electron chi connectivity index (χ1n) is 6.41. The molecular formula is C15H21ClO. The summed E-state index contributed by atoms with van der Waals surface area (Å²) >= 11 is 6.51. The van der Waals surface area contributed by atoms with Crippen molar-refractivity contribution in [1.82, 2.24) is 0 Å². The largest absolute Gasteiger partial charge is 0.496 e. The molecule has 1 unspecified atom stereocenters. The van der Waals surface area contributed by atoms with E-state index in [2.05, 4.69) is 26.0 Å². The number of aryl methyl sites for hydroxylation is 2. The van der Waals surface area contributed by atoms with Crippen LogP contribution in [-0.2, 0) is 0 Å². The van der Waals surface area contributed by atoms with Gasteiger partial charge in [0.15, 0.2) is 0 Å². The van der Waals surface area contributed by atoms with Crippen molar-refractivity contribution in [2.24, 2.45) is 5.92 Å². The van der Waals surface area contributed by atoms with Crippen LogP contribution < -0.4 is 4.74 Å². The summed E-state index contributed by atoms with van der Waals surface area (Å²) in [7, 11) is 1.72. The van der Waals surface area contributed by atoms with Gasteiger partial charge in [-0.3, -0.25) is 0 Å². The second kappa shape index (κ2) is 5.30. The van der Waals surface area contributed by atoms with Crippen LogP contribution in [0.3, 0.4) is 0 Å². The summed E-state index contributed by atoms with van der Waals surface area (Å²) in [6, 6.07) is 4.34. The van der Waals surface area contributed by atoms with Crippen LogP contribution in [-0.4, -0.2) is 7.11 Å². The van der Waals surface area contributed by atoms with E-state index in [4.69, 9.17) is 16.3 Å². The molecule has 0 heterocycles. The van der Waals surface area contributed by atoms with Gasteiger partial charge in [0.2, 0.25) is 0 Å². The maximum Gasteiger partial charge on any atom is 0.124 e. The Labute approximate surface area is 109 Å². The minimum absolute atomic E-state index is 0.156. The first-order chi connectivity index (χ1) is 8.11. The van der Waals surface area contributed by atoms with Crippen LogP contribution in [0.4, 0.5) is 0 Å². The topological polar surface area (TPSA) is 9.23 Å². The lowest BCUT2D eigenvalue weighted by Gasteiger charge is -2.27. The summed E-state index contributed by atoms with van der Waals surface area (Å²) in [6.07, 6.45) is 5.22. The first-order valence-corrected chi connectivity index (χ1v) is 6.84. The molecule has 1 aliphatic rings. The van der Waals surface area contributed by atoms with Crippen LogP contribution in [0.2, 0.25) is 0 Å². The zero-order valence-electron chi connectivity index (χ0n) is 10.9. The molecule has 0 saturated heterocycles. The smallest absolute Gasteiger partial charge is 0.124 e. The minimum atomic E-state index is 0.156. The van der Waals surface area contributed by atoms with Gasteiger partial charge >= 0.3 is 0 Å². The molecule has 94 valence electrons. The van der Waals surface area contributed by atoms with Gasteiger partial charge in [0, 0.05) is 0 Å². The molecule has 0 N–H and O–H groups in total.